The number of aromatic nitrogens is 1. The first-order chi connectivity index (χ1) is 9.29. The average Bonchev–Trinajstić information content (AvgIpc) is 2.91. The van der Waals surface area contributed by atoms with Crippen LogP contribution in [0.2, 0.25) is 0 Å². The van der Waals surface area contributed by atoms with Crippen molar-refractivity contribution in [2.75, 3.05) is 11.9 Å². The van der Waals surface area contributed by atoms with E-state index in [-0.39, 0.29) is 5.56 Å². The fraction of sp³-hybridized carbons (Fsp3) is 0.200. The summed E-state index contributed by atoms with van der Waals surface area (Å²) in [5, 5.41) is 12.3. The molecule has 2 heterocycles. The van der Waals surface area contributed by atoms with Crippen molar-refractivity contribution in [2.45, 2.75) is 13.0 Å². The van der Waals surface area contributed by atoms with Gasteiger partial charge in [-0.1, -0.05) is 30.3 Å². The van der Waals surface area contributed by atoms with Gasteiger partial charge in [-0.25, -0.2) is 0 Å². The van der Waals surface area contributed by atoms with E-state index in [0.717, 1.165) is 24.1 Å². The highest BCUT2D eigenvalue weighted by Gasteiger charge is 2.18. The number of hydrogen-bond acceptors (Lipinski definition) is 3. The standard InChI is InChI=1S/C15H13N3O/c16-9-13-8-12-6-7-17-14(12)15(19)18(13)10-11-4-2-1-3-5-11/h1-5,8,17H,6-7,10H2. The van der Waals surface area contributed by atoms with Gasteiger partial charge in [0.25, 0.3) is 5.56 Å². The molecule has 0 aliphatic carbocycles. The molecule has 0 amide bonds. The summed E-state index contributed by atoms with van der Waals surface area (Å²) in [7, 11) is 0. The molecule has 4 heteroatoms. The molecule has 0 fully saturated rings. The first-order valence-electron chi connectivity index (χ1n) is 6.24. The Balaban J connectivity index is 2.11. The lowest BCUT2D eigenvalue weighted by Gasteiger charge is -2.11. The van der Waals surface area contributed by atoms with Gasteiger partial charge >= 0.3 is 0 Å². The molecular weight excluding hydrogens is 238 g/mol. The monoisotopic (exact) mass is 251 g/mol. The maximum absolute atomic E-state index is 12.4. The lowest BCUT2D eigenvalue weighted by Crippen LogP contribution is -2.25. The molecule has 0 spiro atoms. The quantitative estimate of drug-likeness (QED) is 0.884. The van der Waals surface area contributed by atoms with Gasteiger partial charge in [-0.3, -0.25) is 9.36 Å². The molecule has 0 saturated heterocycles. The number of hydrogen-bond donors (Lipinski definition) is 1. The second-order valence-corrected chi connectivity index (χ2v) is 4.60. The Morgan fingerprint density at radius 2 is 2.11 bits per heavy atom. The minimum absolute atomic E-state index is 0.101. The maximum atomic E-state index is 12.4. The van der Waals surface area contributed by atoms with Crippen molar-refractivity contribution in [2.24, 2.45) is 0 Å². The predicted molar refractivity (Wildman–Crippen MR) is 73.2 cm³/mol. The number of nitrogens with one attached hydrogen (secondary N) is 1. The third kappa shape index (κ3) is 2.00. The fourth-order valence-electron chi connectivity index (χ4n) is 2.42. The summed E-state index contributed by atoms with van der Waals surface area (Å²) in [6.07, 6.45) is 0.811. The van der Waals surface area contributed by atoms with Crippen molar-refractivity contribution in [3.05, 3.63) is 63.6 Å². The van der Waals surface area contributed by atoms with E-state index in [4.69, 9.17) is 0 Å². The van der Waals surface area contributed by atoms with Gasteiger partial charge in [0.05, 0.1) is 6.54 Å². The summed E-state index contributed by atoms with van der Waals surface area (Å²) in [5.41, 5.74) is 2.94. The normalized spacial score (nSPS) is 12.6. The van der Waals surface area contributed by atoms with E-state index in [2.05, 4.69) is 11.4 Å². The van der Waals surface area contributed by atoms with Crippen LogP contribution in [0, 0.1) is 11.3 Å². The molecule has 1 aliphatic rings. The molecule has 0 saturated carbocycles. The molecule has 94 valence electrons. The molecule has 0 bridgehead atoms. The Kier molecular flexibility index (Phi) is 2.81. The topological polar surface area (TPSA) is 57.8 Å². The van der Waals surface area contributed by atoms with Gasteiger partial charge in [0.15, 0.2) is 0 Å². The van der Waals surface area contributed by atoms with Gasteiger partial charge in [-0.15, -0.1) is 0 Å². The van der Waals surface area contributed by atoms with E-state index in [1.54, 1.807) is 0 Å². The third-order valence-corrected chi connectivity index (χ3v) is 3.38. The van der Waals surface area contributed by atoms with E-state index in [9.17, 15) is 10.1 Å². The smallest absolute Gasteiger partial charge is 0.275 e. The van der Waals surface area contributed by atoms with Crippen LogP contribution < -0.4 is 10.9 Å². The molecule has 0 unspecified atom stereocenters. The summed E-state index contributed by atoms with van der Waals surface area (Å²) in [4.78, 5) is 12.4. The first kappa shape index (κ1) is 11.5. The third-order valence-electron chi connectivity index (χ3n) is 3.38. The van der Waals surface area contributed by atoms with Gasteiger partial charge in [-0.05, 0) is 23.6 Å². The molecule has 2 aromatic rings. The van der Waals surface area contributed by atoms with Gasteiger partial charge in [0, 0.05) is 6.54 Å². The average molecular weight is 251 g/mol. The van der Waals surface area contributed by atoms with Crippen molar-refractivity contribution < 1.29 is 0 Å². The molecule has 1 aromatic carbocycles. The van der Waals surface area contributed by atoms with Gasteiger partial charge in [0.2, 0.25) is 0 Å². The fourth-order valence-corrected chi connectivity index (χ4v) is 2.42. The molecule has 1 N–H and O–H groups in total. The Morgan fingerprint density at radius 3 is 2.84 bits per heavy atom. The summed E-state index contributed by atoms with van der Waals surface area (Å²) >= 11 is 0. The van der Waals surface area contributed by atoms with E-state index in [1.807, 2.05) is 36.4 Å². The Hall–Kier alpha value is -2.54. The van der Waals surface area contributed by atoms with Crippen LogP contribution in [0.1, 0.15) is 16.8 Å². The van der Waals surface area contributed by atoms with Crippen molar-refractivity contribution in [1.82, 2.24) is 4.57 Å². The summed E-state index contributed by atoms with van der Waals surface area (Å²) in [6, 6.07) is 13.6. The number of anilines is 1. The summed E-state index contributed by atoms with van der Waals surface area (Å²) in [6.45, 7) is 1.20. The highest BCUT2D eigenvalue weighted by atomic mass is 16.1. The van der Waals surface area contributed by atoms with Crippen LogP contribution in [-0.4, -0.2) is 11.1 Å². The largest absolute Gasteiger partial charge is 0.380 e. The molecular formula is C15H13N3O. The Morgan fingerprint density at radius 1 is 1.32 bits per heavy atom. The number of nitriles is 1. The SMILES string of the molecule is N#Cc1cc2c(c(=O)n1Cc1ccccc1)NCC2. The highest BCUT2D eigenvalue weighted by molar-refractivity contribution is 5.55. The van der Waals surface area contributed by atoms with Crippen molar-refractivity contribution in [3.8, 4) is 6.07 Å². The maximum Gasteiger partial charge on any atom is 0.275 e. The zero-order valence-electron chi connectivity index (χ0n) is 10.4. The number of rotatable bonds is 2. The lowest BCUT2D eigenvalue weighted by atomic mass is 10.1. The van der Waals surface area contributed by atoms with E-state index < -0.39 is 0 Å². The van der Waals surface area contributed by atoms with Crippen molar-refractivity contribution in [3.63, 3.8) is 0 Å². The Bertz CT molecular complexity index is 711. The minimum Gasteiger partial charge on any atom is -0.380 e. The van der Waals surface area contributed by atoms with Crippen LogP contribution >= 0.6 is 0 Å². The van der Waals surface area contributed by atoms with Crippen molar-refractivity contribution in [1.29, 1.82) is 5.26 Å². The van der Waals surface area contributed by atoms with E-state index >= 15 is 0 Å². The zero-order chi connectivity index (χ0) is 13.2. The van der Waals surface area contributed by atoms with Crippen LogP contribution in [0.4, 0.5) is 5.69 Å². The summed E-state index contributed by atoms with van der Waals surface area (Å²) in [5.74, 6) is 0. The van der Waals surface area contributed by atoms with Crippen LogP contribution in [0.15, 0.2) is 41.2 Å². The molecule has 1 aliphatic heterocycles. The number of benzene rings is 1. The van der Waals surface area contributed by atoms with Crippen molar-refractivity contribution >= 4 is 5.69 Å². The van der Waals surface area contributed by atoms with E-state index in [0.29, 0.717) is 17.9 Å². The van der Waals surface area contributed by atoms with E-state index in [1.165, 1.54) is 4.57 Å². The van der Waals surface area contributed by atoms with Crippen LogP contribution in [0.5, 0.6) is 0 Å². The lowest BCUT2D eigenvalue weighted by molar-refractivity contribution is 0.748. The molecule has 0 radical (unpaired) electrons. The summed E-state index contributed by atoms with van der Waals surface area (Å²) < 4.78 is 1.53. The van der Waals surface area contributed by atoms with Gasteiger partial charge in [-0.2, -0.15) is 5.26 Å². The van der Waals surface area contributed by atoms with Crippen LogP contribution in [0.25, 0.3) is 0 Å². The second kappa shape index (κ2) is 4.62. The molecule has 4 nitrogen and oxygen atoms in total. The number of pyridine rings is 1. The molecule has 0 atom stereocenters. The first-order valence-corrected chi connectivity index (χ1v) is 6.24. The minimum atomic E-state index is -0.101. The second-order valence-electron chi connectivity index (χ2n) is 4.60. The molecule has 19 heavy (non-hydrogen) atoms. The van der Waals surface area contributed by atoms with Crippen LogP contribution in [-0.2, 0) is 13.0 Å². The Labute approximate surface area is 110 Å². The molecule has 1 aromatic heterocycles. The number of fused-ring (bicyclic) bond motifs is 1. The zero-order valence-corrected chi connectivity index (χ0v) is 10.4. The predicted octanol–water partition coefficient (Wildman–Crippen LogP) is 1.74. The van der Waals surface area contributed by atoms with Gasteiger partial charge < -0.3 is 5.32 Å². The number of nitrogens with zero attached hydrogens (tertiary/aromatic N) is 2. The van der Waals surface area contributed by atoms with Gasteiger partial charge in [0.1, 0.15) is 17.5 Å². The molecule has 3 rings (SSSR count). The highest BCUT2D eigenvalue weighted by Crippen LogP contribution is 2.19. The van der Waals surface area contributed by atoms with Crippen LogP contribution in [0.3, 0.4) is 0 Å².